The molecule has 0 amide bonds. The van der Waals surface area contributed by atoms with E-state index in [0.717, 1.165) is 31.2 Å². The second kappa shape index (κ2) is 7.54. The molecule has 0 spiro atoms. The van der Waals surface area contributed by atoms with Gasteiger partial charge < -0.3 is 10.2 Å². The minimum atomic E-state index is -3.00. The van der Waals surface area contributed by atoms with Crippen LogP contribution in [0.15, 0.2) is 4.99 Å². The summed E-state index contributed by atoms with van der Waals surface area (Å²) in [5, 5.41) is 3.27. The van der Waals surface area contributed by atoms with Gasteiger partial charge in [0.25, 0.3) is 0 Å². The summed E-state index contributed by atoms with van der Waals surface area (Å²) in [6.07, 6.45) is 3.14. The Balaban J connectivity index is 2.73. The zero-order chi connectivity index (χ0) is 15.2. The highest BCUT2D eigenvalue weighted by molar-refractivity contribution is 7.98. The summed E-state index contributed by atoms with van der Waals surface area (Å²) in [5.41, 5.74) is 0. The van der Waals surface area contributed by atoms with Gasteiger partial charge in [0.1, 0.15) is 0 Å². The van der Waals surface area contributed by atoms with Crippen molar-refractivity contribution in [3.05, 3.63) is 0 Å². The minimum absolute atomic E-state index is 0.204. The van der Waals surface area contributed by atoms with Gasteiger partial charge in [0.2, 0.25) is 0 Å². The Morgan fingerprint density at radius 1 is 1.45 bits per heavy atom. The highest BCUT2D eigenvalue weighted by Gasteiger charge is 2.40. The molecule has 1 aliphatic heterocycles. The number of hydrogen-bond acceptors (Lipinski definition) is 4. The Bertz CT molecular complexity index is 433. The van der Waals surface area contributed by atoms with Crippen LogP contribution in [0.3, 0.4) is 0 Å². The van der Waals surface area contributed by atoms with Gasteiger partial charge in [-0.15, -0.1) is 0 Å². The van der Waals surface area contributed by atoms with E-state index in [-0.39, 0.29) is 5.75 Å². The van der Waals surface area contributed by atoms with Crippen molar-refractivity contribution >= 4 is 27.6 Å². The maximum absolute atomic E-state index is 12.0. The molecule has 0 aromatic carbocycles. The molecule has 0 radical (unpaired) electrons. The number of nitrogens with zero attached hydrogens (tertiary/aromatic N) is 2. The van der Waals surface area contributed by atoms with Crippen molar-refractivity contribution in [2.45, 2.75) is 31.9 Å². The van der Waals surface area contributed by atoms with Crippen LogP contribution in [-0.4, -0.2) is 68.0 Å². The summed E-state index contributed by atoms with van der Waals surface area (Å²) < 4.78 is 23.4. The van der Waals surface area contributed by atoms with Crippen LogP contribution in [0.1, 0.15) is 27.2 Å². The third kappa shape index (κ3) is 4.55. The first kappa shape index (κ1) is 17.6. The van der Waals surface area contributed by atoms with E-state index in [9.17, 15) is 8.42 Å². The van der Waals surface area contributed by atoms with E-state index in [0.29, 0.717) is 13.1 Å². The standard InChI is InChI=1S/C13H27N3O2S2/c1-5-14-12(15-7-6-9-19-4)16-8-10-20(17,18)13(2,3)11-16/h5-11H2,1-4H3,(H,14,15). The Hall–Kier alpha value is -0.430. The zero-order valence-electron chi connectivity index (χ0n) is 13.0. The molecule has 20 heavy (non-hydrogen) atoms. The predicted molar refractivity (Wildman–Crippen MR) is 88.4 cm³/mol. The van der Waals surface area contributed by atoms with E-state index >= 15 is 0 Å². The first-order valence-corrected chi connectivity index (χ1v) is 10.1. The highest BCUT2D eigenvalue weighted by Crippen LogP contribution is 2.23. The zero-order valence-corrected chi connectivity index (χ0v) is 14.6. The molecule has 0 unspecified atom stereocenters. The van der Waals surface area contributed by atoms with E-state index in [1.54, 1.807) is 13.8 Å². The van der Waals surface area contributed by atoms with Crippen molar-refractivity contribution in [3.8, 4) is 0 Å². The third-order valence-electron chi connectivity index (χ3n) is 3.45. The Labute approximate surface area is 127 Å². The molecule has 0 bridgehead atoms. The molecule has 5 nitrogen and oxygen atoms in total. The highest BCUT2D eigenvalue weighted by atomic mass is 32.2. The second-order valence-corrected chi connectivity index (χ2v) is 9.31. The first-order chi connectivity index (χ1) is 9.34. The average Bonchev–Trinajstić information content (AvgIpc) is 2.37. The van der Waals surface area contributed by atoms with Crippen LogP contribution in [0.2, 0.25) is 0 Å². The van der Waals surface area contributed by atoms with E-state index in [1.807, 2.05) is 18.7 Å². The summed E-state index contributed by atoms with van der Waals surface area (Å²) in [5.74, 6) is 2.15. The van der Waals surface area contributed by atoms with Crippen molar-refractivity contribution in [1.29, 1.82) is 0 Å². The predicted octanol–water partition coefficient (Wildman–Crippen LogP) is 1.21. The molecule has 1 N–H and O–H groups in total. The average molecular weight is 322 g/mol. The van der Waals surface area contributed by atoms with Crippen molar-refractivity contribution < 1.29 is 8.42 Å². The molecular formula is C13H27N3O2S2. The van der Waals surface area contributed by atoms with Gasteiger partial charge in [-0.25, -0.2) is 8.42 Å². The lowest BCUT2D eigenvalue weighted by Crippen LogP contribution is -2.57. The molecule has 0 aromatic heterocycles. The molecule has 0 saturated carbocycles. The van der Waals surface area contributed by atoms with Crippen LogP contribution in [-0.2, 0) is 9.84 Å². The molecule has 7 heteroatoms. The van der Waals surface area contributed by atoms with Crippen molar-refractivity contribution in [3.63, 3.8) is 0 Å². The van der Waals surface area contributed by atoms with E-state index in [2.05, 4.69) is 21.5 Å². The quantitative estimate of drug-likeness (QED) is 0.468. The lowest BCUT2D eigenvalue weighted by atomic mass is 10.2. The molecule has 1 saturated heterocycles. The molecule has 0 aromatic rings. The third-order valence-corrected chi connectivity index (χ3v) is 6.68. The molecule has 118 valence electrons. The van der Waals surface area contributed by atoms with Gasteiger partial charge in [-0.05, 0) is 39.2 Å². The van der Waals surface area contributed by atoms with Crippen molar-refractivity contribution in [2.24, 2.45) is 4.99 Å². The van der Waals surface area contributed by atoms with Gasteiger partial charge in [0.15, 0.2) is 15.8 Å². The van der Waals surface area contributed by atoms with E-state index < -0.39 is 14.6 Å². The number of guanidine groups is 1. The van der Waals surface area contributed by atoms with Gasteiger partial charge in [-0.2, -0.15) is 11.8 Å². The van der Waals surface area contributed by atoms with Crippen LogP contribution in [0, 0.1) is 0 Å². The summed E-state index contributed by atoms with van der Waals surface area (Å²) in [7, 11) is -3.00. The Morgan fingerprint density at radius 3 is 2.70 bits per heavy atom. The summed E-state index contributed by atoms with van der Waals surface area (Å²) in [6, 6.07) is 0. The fourth-order valence-electron chi connectivity index (χ4n) is 2.14. The fourth-order valence-corrected chi connectivity index (χ4v) is 3.93. The van der Waals surface area contributed by atoms with Crippen molar-refractivity contribution in [2.75, 3.05) is 43.9 Å². The van der Waals surface area contributed by atoms with Crippen LogP contribution in [0.5, 0.6) is 0 Å². The Kier molecular flexibility index (Phi) is 6.64. The monoisotopic (exact) mass is 321 g/mol. The maximum Gasteiger partial charge on any atom is 0.193 e. The van der Waals surface area contributed by atoms with Crippen LogP contribution in [0.4, 0.5) is 0 Å². The molecule has 1 heterocycles. The van der Waals surface area contributed by atoms with Crippen LogP contribution in [0.25, 0.3) is 0 Å². The van der Waals surface area contributed by atoms with Gasteiger partial charge in [-0.3, -0.25) is 4.99 Å². The molecule has 1 fully saturated rings. The normalized spacial score (nSPS) is 21.8. The van der Waals surface area contributed by atoms with Gasteiger partial charge in [0.05, 0.1) is 10.5 Å². The summed E-state index contributed by atoms with van der Waals surface area (Å²) in [4.78, 5) is 6.68. The lowest BCUT2D eigenvalue weighted by Gasteiger charge is -2.39. The van der Waals surface area contributed by atoms with Gasteiger partial charge >= 0.3 is 0 Å². The maximum atomic E-state index is 12.0. The fraction of sp³-hybridized carbons (Fsp3) is 0.923. The second-order valence-electron chi connectivity index (χ2n) is 5.58. The van der Waals surface area contributed by atoms with E-state index in [4.69, 9.17) is 0 Å². The smallest absolute Gasteiger partial charge is 0.193 e. The molecular weight excluding hydrogens is 294 g/mol. The minimum Gasteiger partial charge on any atom is -0.357 e. The number of sulfone groups is 1. The molecule has 1 rings (SSSR count). The van der Waals surface area contributed by atoms with Gasteiger partial charge in [-0.1, -0.05) is 0 Å². The largest absolute Gasteiger partial charge is 0.357 e. The number of aliphatic imine (C=N–C) groups is 1. The number of hydrogen-bond donors (Lipinski definition) is 1. The number of nitrogens with one attached hydrogen (secondary N) is 1. The summed E-state index contributed by atoms with van der Waals surface area (Å²) >= 11 is 1.82. The number of rotatable bonds is 5. The topological polar surface area (TPSA) is 61.8 Å². The van der Waals surface area contributed by atoms with Crippen LogP contribution >= 0.6 is 11.8 Å². The van der Waals surface area contributed by atoms with Crippen molar-refractivity contribution in [1.82, 2.24) is 10.2 Å². The van der Waals surface area contributed by atoms with Gasteiger partial charge in [0, 0.05) is 26.2 Å². The molecule has 1 aliphatic rings. The SMILES string of the molecule is CCNC(=NCCCSC)N1CCS(=O)(=O)C(C)(C)C1. The van der Waals surface area contributed by atoms with Crippen LogP contribution < -0.4 is 5.32 Å². The Morgan fingerprint density at radius 2 is 2.15 bits per heavy atom. The number of thioether (sulfide) groups is 1. The lowest BCUT2D eigenvalue weighted by molar-refractivity contribution is 0.353. The molecule has 0 aliphatic carbocycles. The van der Waals surface area contributed by atoms with E-state index in [1.165, 1.54) is 0 Å². The first-order valence-electron chi connectivity index (χ1n) is 7.08. The summed E-state index contributed by atoms with van der Waals surface area (Å²) in [6.45, 7) is 8.24. The molecule has 0 atom stereocenters.